The molecule has 124 valence electrons. The molecule has 0 aromatic heterocycles. The van der Waals surface area contributed by atoms with Crippen LogP contribution in [0.5, 0.6) is 0 Å². The number of hydrogen-bond acceptors (Lipinski definition) is 3. The first-order valence-electron chi connectivity index (χ1n) is 7.91. The van der Waals surface area contributed by atoms with Crippen molar-refractivity contribution >= 4 is 17.7 Å². The number of thioether (sulfide) groups is 1. The van der Waals surface area contributed by atoms with Crippen LogP contribution in [0.25, 0.3) is 0 Å². The Kier molecular flexibility index (Phi) is 9.01. The van der Waals surface area contributed by atoms with E-state index in [0.717, 1.165) is 38.7 Å². The molecule has 0 aliphatic heterocycles. The van der Waals surface area contributed by atoms with Gasteiger partial charge in [0.05, 0.1) is 6.54 Å². The summed E-state index contributed by atoms with van der Waals surface area (Å²) in [6.07, 6.45) is 2.10. The monoisotopic (exact) mass is 322 g/mol. The van der Waals surface area contributed by atoms with Gasteiger partial charge >= 0.3 is 0 Å². The summed E-state index contributed by atoms with van der Waals surface area (Å²) < 4.78 is 0. The molecule has 5 heteroatoms. The maximum Gasteiger partial charge on any atom is 0.194 e. The standard InChI is InChI=1S/C17H30N4S/c1-6-18-17(19-12-13-20(3)7-2)21(4)14-15-8-10-16(22-5)11-9-15/h8-11H,6-7,12-14H2,1-5H3,(H,18,19). The lowest BCUT2D eigenvalue weighted by molar-refractivity contribution is 0.361. The maximum absolute atomic E-state index is 4.72. The molecule has 1 N–H and O–H groups in total. The third-order valence-electron chi connectivity index (χ3n) is 3.56. The molecule has 1 aromatic rings. The van der Waals surface area contributed by atoms with Gasteiger partial charge in [-0.15, -0.1) is 11.8 Å². The van der Waals surface area contributed by atoms with Crippen LogP contribution in [-0.4, -0.2) is 62.3 Å². The molecule has 0 aliphatic carbocycles. The van der Waals surface area contributed by atoms with Crippen molar-refractivity contribution in [3.05, 3.63) is 29.8 Å². The van der Waals surface area contributed by atoms with Gasteiger partial charge in [0.1, 0.15) is 0 Å². The number of aliphatic imine (C=N–C) groups is 1. The zero-order chi connectivity index (χ0) is 16.4. The molecule has 0 aliphatic rings. The first-order valence-corrected chi connectivity index (χ1v) is 9.14. The van der Waals surface area contributed by atoms with Crippen molar-refractivity contribution < 1.29 is 0 Å². The van der Waals surface area contributed by atoms with Crippen molar-refractivity contribution in [1.82, 2.24) is 15.1 Å². The topological polar surface area (TPSA) is 30.9 Å². The van der Waals surface area contributed by atoms with Gasteiger partial charge in [0, 0.05) is 31.6 Å². The third kappa shape index (κ3) is 6.71. The van der Waals surface area contributed by atoms with Crippen molar-refractivity contribution in [2.24, 2.45) is 4.99 Å². The van der Waals surface area contributed by atoms with Crippen LogP contribution < -0.4 is 5.32 Å². The smallest absolute Gasteiger partial charge is 0.194 e. The molecule has 0 unspecified atom stereocenters. The van der Waals surface area contributed by atoms with Crippen LogP contribution in [0.4, 0.5) is 0 Å². The third-order valence-corrected chi connectivity index (χ3v) is 4.30. The van der Waals surface area contributed by atoms with Crippen molar-refractivity contribution in [2.45, 2.75) is 25.3 Å². The van der Waals surface area contributed by atoms with Crippen molar-refractivity contribution in [1.29, 1.82) is 0 Å². The predicted octanol–water partition coefficient (Wildman–Crippen LogP) is 2.76. The van der Waals surface area contributed by atoms with Crippen LogP contribution in [0, 0.1) is 0 Å². The van der Waals surface area contributed by atoms with E-state index in [1.807, 2.05) is 0 Å². The lowest BCUT2D eigenvalue weighted by Gasteiger charge is -2.22. The minimum atomic E-state index is 0.822. The summed E-state index contributed by atoms with van der Waals surface area (Å²) in [6.45, 7) is 8.89. The van der Waals surface area contributed by atoms with E-state index >= 15 is 0 Å². The number of guanidine groups is 1. The first kappa shape index (κ1) is 18.8. The first-order chi connectivity index (χ1) is 10.6. The van der Waals surface area contributed by atoms with Gasteiger partial charge in [-0.2, -0.15) is 0 Å². The maximum atomic E-state index is 4.72. The van der Waals surface area contributed by atoms with Crippen LogP contribution in [0.3, 0.4) is 0 Å². The molecule has 1 aromatic carbocycles. The number of nitrogens with zero attached hydrogens (tertiary/aromatic N) is 3. The lowest BCUT2D eigenvalue weighted by Crippen LogP contribution is -2.39. The molecule has 0 bridgehead atoms. The normalized spacial score (nSPS) is 11.8. The summed E-state index contributed by atoms with van der Waals surface area (Å²) >= 11 is 1.77. The van der Waals surface area contributed by atoms with Gasteiger partial charge in [-0.1, -0.05) is 19.1 Å². The van der Waals surface area contributed by atoms with Gasteiger partial charge in [-0.05, 0) is 44.5 Å². The summed E-state index contributed by atoms with van der Waals surface area (Å²) in [7, 11) is 4.22. The zero-order valence-electron chi connectivity index (χ0n) is 14.6. The number of likely N-dealkylation sites (N-methyl/N-ethyl adjacent to an activating group) is 1. The largest absolute Gasteiger partial charge is 0.357 e. The summed E-state index contributed by atoms with van der Waals surface area (Å²) in [6, 6.07) is 8.73. The molecular weight excluding hydrogens is 292 g/mol. The molecule has 4 nitrogen and oxygen atoms in total. The average Bonchev–Trinajstić information content (AvgIpc) is 2.54. The Morgan fingerprint density at radius 1 is 1.18 bits per heavy atom. The predicted molar refractivity (Wildman–Crippen MR) is 98.8 cm³/mol. The molecule has 0 saturated carbocycles. The van der Waals surface area contributed by atoms with E-state index < -0.39 is 0 Å². The van der Waals surface area contributed by atoms with E-state index in [1.165, 1.54) is 10.5 Å². The molecule has 0 spiro atoms. The number of benzene rings is 1. The molecule has 0 atom stereocenters. The summed E-state index contributed by atoms with van der Waals surface area (Å²) in [4.78, 5) is 10.5. The molecule has 0 fully saturated rings. The number of rotatable bonds is 8. The summed E-state index contributed by atoms with van der Waals surface area (Å²) in [5.74, 6) is 0.973. The van der Waals surface area contributed by atoms with Gasteiger partial charge in [-0.3, -0.25) is 4.99 Å². The van der Waals surface area contributed by atoms with E-state index in [9.17, 15) is 0 Å². The van der Waals surface area contributed by atoms with E-state index in [1.54, 1.807) is 11.8 Å². The molecular formula is C17H30N4S. The minimum absolute atomic E-state index is 0.822. The highest BCUT2D eigenvalue weighted by Gasteiger charge is 2.06. The van der Waals surface area contributed by atoms with E-state index in [0.29, 0.717) is 0 Å². The second-order valence-electron chi connectivity index (χ2n) is 5.34. The Morgan fingerprint density at radius 2 is 1.86 bits per heavy atom. The number of hydrogen-bond donors (Lipinski definition) is 1. The molecule has 0 heterocycles. The van der Waals surface area contributed by atoms with Gasteiger partial charge in [-0.25, -0.2) is 0 Å². The van der Waals surface area contributed by atoms with Crippen molar-refractivity contribution in [2.75, 3.05) is 46.5 Å². The fraction of sp³-hybridized carbons (Fsp3) is 0.588. The number of nitrogens with one attached hydrogen (secondary N) is 1. The lowest BCUT2D eigenvalue weighted by atomic mass is 10.2. The van der Waals surface area contributed by atoms with Crippen LogP contribution in [0.1, 0.15) is 19.4 Å². The highest BCUT2D eigenvalue weighted by molar-refractivity contribution is 7.98. The Bertz CT molecular complexity index is 444. The highest BCUT2D eigenvalue weighted by atomic mass is 32.2. The Morgan fingerprint density at radius 3 is 2.41 bits per heavy atom. The van der Waals surface area contributed by atoms with E-state index in [4.69, 9.17) is 4.99 Å². The Balaban J connectivity index is 2.62. The fourth-order valence-corrected chi connectivity index (χ4v) is 2.44. The fourth-order valence-electron chi connectivity index (χ4n) is 2.03. The van der Waals surface area contributed by atoms with Gasteiger partial charge in [0.15, 0.2) is 5.96 Å². The SMILES string of the molecule is CCNC(=NCCN(C)CC)N(C)Cc1ccc(SC)cc1. The second-order valence-corrected chi connectivity index (χ2v) is 6.22. The van der Waals surface area contributed by atoms with Crippen LogP contribution >= 0.6 is 11.8 Å². The van der Waals surface area contributed by atoms with E-state index in [-0.39, 0.29) is 0 Å². The van der Waals surface area contributed by atoms with Crippen LogP contribution in [-0.2, 0) is 6.54 Å². The van der Waals surface area contributed by atoms with Gasteiger partial charge in [0.2, 0.25) is 0 Å². The van der Waals surface area contributed by atoms with Gasteiger partial charge in [0.25, 0.3) is 0 Å². The molecule has 1 rings (SSSR count). The minimum Gasteiger partial charge on any atom is -0.357 e. The van der Waals surface area contributed by atoms with Crippen molar-refractivity contribution in [3.8, 4) is 0 Å². The zero-order valence-corrected chi connectivity index (χ0v) is 15.4. The van der Waals surface area contributed by atoms with Crippen LogP contribution in [0.15, 0.2) is 34.2 Å². The molecule has 22 heavy (non-hydrogen) atoms. The molecule has 0 amide bonds. The van der Waals surface area contributed by atoms with Crippen molar-refractivity contribution in [3.63, 3.8) is 0 Å². The molecule has 0 saturated heterocycles. The second kappa shape index (κ2) is 10.5. The van der Waals surface area contributed by atoms with E-state index in [2.05, 4.69) is 73.6 Å². The average molecular weight is 323 g/mol. The highest BCUT2D eigenvalue weighted by Crippen LogP contribution is 2.15. The summed E-state index contributed by atoms with van der Waals surface area (Å²) in [5.41, 5.74) is 1.30. The Labute approximate surface area is 140 Å². The molecule has 0 radical (unpaired) electrons. The summed E-state index contributed by atoms with van der Waals surface area (Å²) in [5, 5.41) is 3.37. The Hall–Kier alpha value is -1.20. The van der Waals surface area contributed by atoms with Gasteiger partial charge < -0.3 is 15.1 Å². The van der Waals surface area contributed by atoms with Crippen LogP contribution in [0.2, 0.25) is 0 Å². The quantitative estimate of drug-likeness (QED) is 0.453.